The zero-order chi connectivity index (χ0) is 20.8. The van der Waals surface area contributed by atoms with Gasteiger partial charge in [-0.1, -0.05) is 30.3 Å². The Morgan fingerprint density at radius 1 is 0.862 bits per heavy atom. The number of nitrogens with zero attached hydrogens (tertiary/aromatic N) is 1. The SMILES string of the molecule is CC(=O)N(C)c1ccc(NC(C(=O)Nc2ccc(F)cc2)c2ccccc2)cc1. The predicted octanol–water partition coefficient (Wildman–Crippen LogP) is 4.60. The second-order valence-corrected chi connectivity index (χ2v) is 6.61. The molecule has 0 aliphatic rings. The van der Waals surface area contributed by atoms with Gasteiger partial charge in [0.15, 0.2) is 0 Å². The summed E-state index contributed by atoms with van der Waals surface area (Å²) in [5.74, 6) is -0.698. The summed E-state index contributed by atoms with van der Waals surface area (Å²) in [4.78, 5) is 26.0. The van der Waals surface area contributed by atoms with Crippen LogP contribution in [0.2, 0.25) is 0 Å². The Morgan fingerprint density at radius 2 is 1.45 bits per heavy atom. The first-order valence-electron chi connectivity index (χ1n) is 9.16. The largest absolute Gasteiger partial charge is 0.370 e. The summed E-state index contributed by atoms with van der Waals surface area (Å²) in [5.41, 5.74) is 2.79. The number of anilines is 3. The topological polar surface area (TPSA) is 61.4 Å². The lowest BCUT2D eigenvalue weighted by Gasteiger charge is -2.21. The Morgan fingerprint density at radius 3 is 2.03 bits per heavy atom. The van der Waals surface area contributed by atoms with Crippen molar-refractivity contribution in [1.29, 1.82) is 0 Å². The third kappa shape index (κ3) is 5.19. The van der Waals surface area contributed by atoms with E-state index in [1.165, 1.54) is 31.2 Å². The van der Waals surface area contributed by atoms with Crippen molar-refractivity contribution in [3.63, 3.8) is 0 Å². The third-order valence-electron chi connectivity index (χ3n) is 4.54. The van der Waals surface area contributed by atoms with Crippen molar-refractivity contribution in [1.82, 2.24) is 0 Å². The standard InChI is InChI=1S/C23H22FN3O2/c1-16(28)27(2)21-14-12-19(13-15-21)25-22(17-6-4-3-5-7-17)23(29)26-20-10-8-18(24)9-11-20/h3-15,22,25H,1-2H3,(H,26,29). The summed E-state index contributed by atoms with van der Waals surface area (Å²) in [7, 11) is 1.70. The molecule has 0 bridgehead atoms. The van der Waals surface area contributed by atoms with Crippen molar-refractivity contribution in [3.05, 3.63) is 90.2 Å². The average Bonchev–Trinajstić information content (AvgIpc) is 2.74. The Bertz CT molecular complexity index is 973. The summed E-state index contributed by atoms with van der Waals surface area (Å²) in [6, 6.07) is 21.5. The molecule has 2 amide bonds. The van der Waals surface area contributed by atoms with Crippen LogP contribution in [0, 0.1) is 5.82 Å². The molecule has 0 aromatic heterocycles. The molecular formula is C23H22FN3O2. The highest BCUT2D eigenvalue weighted by molar-refractivity contribution is 5.97. The monoisotopic (exact) mass is 391 g/mol. The first-order valence-corrected chi connectivity index (χ1v) is 9.16. The number of halogens is 1. The molecule has 3 aromatic carbocycles. The Labute approximate surface area is 169 Å². The Hall–Kier alpha value is -3.67. The highest BCUT2D eigenvalue weighted by atomic mass is 19.1. The van der Waals surface area contributed by atoms with Crippen LogP contribution < -0.4 is 15.5 Å². The van der Waals surface area contributed by atoms with Crippen molar-refractivity contribution in [2.24, 2.45) is 0 Å². The van der Waals surface area contributed by atoms with E-state index in [-0.39, 0.29) is 17.6 Å². The number of rotatable bonds is 6. The van der Waals surface area contributed by atoms with Gasteiger partial charge in [-0.25, -0.2) is 4.39 Å². The van der Waals surface area contributed by atoms with E-state index in [0.29, 0.717) is 5.69 Å². The molecule has 1 unspecified atom stereocenters. The fourth-order valence-electron chi connectivity index (χ4n) is 2.82. The predicted molar refractivity (Wildman–Crippen MR) is 113 cm³/mol. The molecule has 1 atom stereocenters. The first-order chi connectivity index (χ1) is 13.9. The van der Waals surface area contributed by atoms with Crippen LogP contribution in [0.5, 0.6) is 0 Å². The molecule has 6 heteroatoms. The van der Waals surface area contributed by atoms with Crippen LogP contribution >= 0.6 is 0 Å². The van der Waals surface area contributed by atoms with Crippen molar-refractivity contribution in [2.45, 2.75) is 13.0 Å². The minimum Gasteiger partial charge on any atom is -0.370 e. The van der Waals surface area contributed by atoms with Crippen molar-refractivity contribution in [3.8, 4) is 0 Å². The molecule has 0 aliphatic heterocycles. The van der Waals surface area contributed by atoms with Gasteiger partial charge in [-0.2, -0.15) is 0 Å². The maximum absolute atomic E-state index is 13.1. The Kier molecular flexibility index (Phi) is 6.24. The Balaban J connectivity index is 1.81. The lowest BCUT2D eigenvalue weighted by molar-refractivity contribution is -0.117. The summed E-state index contributed by atoms with van der Waals surface area (Å²) in [6.07, 6.45) is 0. The quantitative estimate of drug-likeness (QED) is 0.646. The summed E-state index contributed by atoms with van der Waals surface area (Å²) < 4.78 is 13.1. The minimum atomic E-state index is -0.655. The van der Waals surface area contributed by atoms with E-state index in [1.54, 1.807) is 11.9 Å². The fourth-order valence-corrected chi connectivity index (χ4v) is 2.82. The molecular weight excluding hydrogens is 369 g/mol. The van der Waals surface area contributed by atoms with Gasteiger partial charge in [0.25, 0.3) is 5.91 Å². The molecule has 0 saturated carbocycles. The summed E-state index contributed by atoms with van der Waals surface area (Å²) >= 11 is 0. The van der Waals surface area contributed by atoms with Gasteiger partial charge in [-0.05, 0) is 54.1 Å². The van der Waals surface area contributed by atoms with Gasteiger partial charge in [0.05, 0.1) is 0 Å². The van der Waals surface area contributed by atoms with E-state index in [2.05, 4.69) is 10.6 Å². The van der Waals surface area contributed by atoms with E-state index in [0.717, 1.165) is 16.9 Å². The minimum absolute atomic E-state index is 0.0634. The van der Waals surface area contributed by atoms with Crippen LogP contribution in [-0.2, 0) is 9.59 Å². The molecule has 3 rings (SSSR count). The van der Waals surface area contributed by atoms with Gasteiger partial charge in [-0.15, -0.1) is 0 Å². The highest BCUT2D eigenvalue weighted by Gasteiger charge is 2.21. The number of benzene rings is 3. The van der Waals surface area contributed by atoms with Crippen LogP contribution in [0.3, 0.4) is 0 Å². The van der Waals surface area contributed by atoms with Gasteiger partial charge in [0, 0.05) is 31.0 Å². The number of nitrogens with one attached hydrogen (secondary N) is 2. The van der Waals surface area contributed by atoms with E-state index in [9.17, 15) is 14.0 Å². The van der Waals surface area contributed by atoms with Crippen molar-refractivity contribution in [2.75, 3.05) is 22.6 Å². The molecule has 0 heterocycles. The van der Waals surface area contributed by atoms with Crippen molar-refractivity contribution < 1.29 is 14.0 Å². The molecule has 29 heavy (non-hydrogen) atoms. The smallest absolute Gasteiger partial charge is 0.251 e. The number of carbonyl (C=O) groups excluding carboxylic acids is 2. The van der Waals surface area contributed by atoms with Gasteiger partial charge in [-0.3, -0.25) is 9.59 Å². The average molecular weight is 391 g/mol. The molecule has 2 N–H and O–H groups in total. The lowest BCUT2D eigenvalue weighted by atomic mass is 10.1. The molecule has 3 aromatic rings. The fraction of sp³-hybridized carbons (Fsp3) is 0.130. The maximum atomic E-state index is 13.1. The maximum Gasteiger partial charge on any atom is 0.251 e. The first kappa shape index (κ1) is 20.1. The second kappa shape index (κ2) is 9.01. The van der Waals surface area contributed by atoms with Crippen LogP contribution in [0.4, 0.5) is 21.5 Å². The molecule has 148 valence electrons. The zero-order valence-corrected chi connectivity index (χ0v) is 16.2. The van der Waals surface area contributed by atoms with Crippen LogP contribution in [0.15, 0.2) is 78.9 Å². The van der Waals surface area contributed by atoms with E-state index < -0.39 is 6.04 Å². The lowest BCUT2D eigenvalue weighted by Crippen LogP contribution is -2.27. The second-order valence-electron chi connectivity index (χ2n) is 6.61. The number of carbonyl (C=O) groups is 2. The van der Waals surface area contributed by atoms with Gasteiger partial charge >= 0.3 is 0 Å². The summed E-state index contributed by atoms with van der Waals surface area (Å²) in [5, 5.41) is 6.04. The van der Waals surface area contributed by atoms with E-state index in [4.69, 9.17) is 0 Å². The normalized spacial score (nSPS) is 11.4. The van der Waals surface area contributed by atoms with Gasteiger partial charge in [0.2, 0.25) is 5.91 Å². The number of hydrogen-bond donors (Lipinski definition) is 2. The number of hydrogen-bond acceptors (Lipinski definition) is 3. The molecule has 0 radical (unpaired) electrons. The van der Waals surface area contributed by atoms with Crippen LogP contribution in [0.1, 0.15) is 18.5 Å². The third-order valence-corrected chi connectivity index (χ3v) is 4.54. The van der Waals surface area contributed by atoms with Gasteiger partial charge < -0.3 is 15.5 Å². The number of amides is 2. The molecule has 0 spiro atoms. The van der Waals surface area contributed by atoms with Crippen molar-refractivity contribution >= 4 is 28.9 Å². The van der Waals surface area contributed by atoms with E-state index >= 15 is 0 Å². The molecule has 0 aliphatic carbocycles. The van der Waals surface area contributed by atoms with Crippen LogP contribution in [-0.4, -0.2) is 18.9 Å². The molecule has 0 fully saturated rings. The van der Waals surface area contributed by atoms with Gasteiger partial charge in [0.1, 0.15) is 11.9 Å². The molecule has 5 nitrogen and oxygen atoms in total. The van der Waals surface area contributed by atoms with Crippen LogP contribution in [0.25, 0.3) is 0 Å². The van der Waals surface area contributed by atoms with E-state index in [1.807, 2.05) is 54.6 Å². The highest BCUT2D eigenvalue weighted by Crippen LogP contribution is 2.24. The molecule has 0 saturated heterocycles. The zero-order valence-electron chi connectivity index (χ0n) is 16.2. The summed E-state index contributed by atoms with van der Waals surface area (Å²) in [6.45, 7) is 1.50.